The van der Waals surface area contributed by atoms with Gasteiger partial charge in [0.15, 0.2) is 5.65 Å². The third-order valence-electron chi connectivity index (χ3n) is 7.08. The second kappa shape index (κ2) is 10.4. The van der Waals surface area contributed by atoms with Crippen molar-refractivity contribution in [1.29, 1.82) is 0 Å². The number of pyridine rings is 1. The predicted octanol–water partition coefficient (Wildman–Crippen LogP) is 7.12. The molecule has 6 heteroatoms. The van der Waals surface area contributed by atoms with E-state index >= 15 is 0 Å². The van der Waals surface area contributed by atoms with Gasteiger partial charge >= 0.3 is 0 Å². The number of nitrogens with one attached hydrogen (secondary N) is 2. The fourth-order valence-corrected chi connectivity index (χ4v) is 5.18. The van der Waals surface area contributed by atoms with Gasteiger partial charge in [0.25, 0.3) is 0 Å². The zero-order valence-corrected chi connectivity index (χ0v) is 21.2. The van der Waals surface area contributed by atoms with E-state index in [1.807, 2.05) is 28.9 Å². The molecule has 1 fully saturated rings. The maximum absolute atomic E-state index is 5.04. The van der Waals surface area contributed by atoms with Crippen molar-refractivity contribution in [2.45, 2.75) is 51.6 Å². The molecule has 6 rings (SSSR count). The number of anilines is 2. The molecular weight excluding hydrogens is 456 g/mol. The molecule has 0 spiro atoms. The summed E-state index contributed by atoms with van der Waals surface area (Å²) in [5.41, 5.74) is 7.25. The summed E-state index contributed by atoms with van der Waals surface area (Å²) in [5.74, 6) is 1.72. The summed E-state index contributed by atoms with van der Waals surface area (Å²) in [7, 11) is 0. The molecule has 0 amide bonds. The molecule has 0 aliphatic heterocycles. The average Bonchev–Trinajstić information content (AvgIpc) is 3.32. The van der Waals surface area contributed by atoms with Gasteiger partial charge in [0.2, 0.25) is 0 Å². The van der Waals surface area contributed by atoms with E-state index in [0.717, 1.165) is 39.8 Å². The Morgan fingerprint density at radius 3 is 2.54 bits per heavy atom. The van der Waals surface area contributed by atoms with Gasteiger partial charge in [0, 0.05) is 29.9 Å². The van der Waals surface area contributed by atoms with Crippen LogP contribution in [0.3, 0.4) is 0 Å². The Morgan fingerprint density at radius 1 is 0.838 bits per heavy atom. The molecule has 5 aromatic rings. The van der Waals surface area contributed by atoms with Crippen molar-refractivity contribution in [3.8, 4) is 22.5 Å². The van der Waals surface area contributed by atoms with E-state index < -0.39 is 0 Å². The van der Waals surface area contributed by atoms with Gasteiger partial charge in [0.05, 0.1) is 5.69 Å². The number of aromatic nitrogens is 4. The van der Waals surface area contributed by atoms with Crippen LogP contribution in [-0.2, 0) is 6.54 Å². The van der Waals surface area contributed by atoms with Crippen molar-refractivity contribution >= 4 is 17.3 Å². The number of nitrogens with zero attached hydrogens (tertiary/aromatic N) is 4. The topological polar surface area (TPSA) is 67.1 Å². The predicted molar refractivity (Wildman–Crippen MR) is 151 cm³/mol. The van der Waals surface area contributed by atoms with Gasteiger partial charge in [-0.3, -0.25) is 0 Å². The highest BCUT2D eigenvalue weighted by molar-refractivity contribution is 5.82. The van der Waals surface area contributed by atoms with E-state index in [4.69, 9.17) is 10.1 Å². The molecule has 0 atom stereocenters. The molecule has 3 heterocycles. The van der Waals surface area contributed by atoms with Crippen LogP contribution in [0, 0.1) is 6.92 Å². The molecular formula is C31H32N6. The molecule has 1 aliphatic rings. The summed E-state index contributed by atoms with van der Waals surface area (Å²) in [4.78, 5) is 9.68. The van der Waals surface area contributed by atoms with E-state index in [-0.39, 0.29) is 0 Å². The summed E-state index contributed by atoms with van der Waals surface area (Å²) >= 11 is 0. The summed E-state index contributed by atoms with van der Waals surface area (Å²) < 4.78 is 1.96. The lowest BCUT2D eigenvalue weighted by atomic mass is 9.95. The van der Waals surface area contributed by atoms with Gasteiger partial charge in [-0.1, -0.05) is 73.4 Å². The minimum atomic E-state index is 0.488. The number of hydrogen-bond acceptors (Lipinski definition) is 5. The first-order chi connectivity index (χ1) is 18.2. The highest BCUT2D eigenvalue weighted by Crippen LogP contribution is 2.34. The molecule has 0 saturated heterocycles. The minimum Gasteiger partial charge on any atom is -0.367 e. The molecule has 0 radical (unpaired) electrons. The standard InChI is InChI=1S/C31H32N6/c1-22-9-8-12-24(19-22)30-31(25-17-18-32-28(20-25)34-26-13-6-3-7-14-26)37-29(35-30)16-15-27(36-37)33-21-23-10-4-2-5-11-23/h2,4-5,8-12,15-20,26H,3,6-7,13-14,21H2,1H3,(H,32,34)(H,33,36). The first-order valence-electron chi connectivity index (χ1n) is 13.2. The smallest absolute Gasteiger partial charge is 0.155 e. The SMILES string of the molecule is Cc1cccc(-c2nc3ccc(NCc4ccccc4)nn3c2-c2ccnc(NC3CCCCC3)c2)c1. The summed E-state index contributed by atoms with van der Waals surface area (Å²) in [5, 5.41) is 12.1. The van der Waals surface area contributed by atoms with Crippen LogP contribution in [0.2, 0.25) is 0 Å². The normalized spacial score (nSPS) is 14.1. The van der Waals surface area contributed by atoms with Crippen LogP contribution < -0.4 is 10.6 Å². The highest BCUT2D eigenvalue weighted by Gasteiger charge is 2.19. The van der Waals surface area contributed by atoms with Crippen LogP contribution >= 0.6 is 0 Å². The van der Waals surface area contributed by atoms with Crippen molar-refractivity contribution in [1.82, 2.24) is 19.6 Å². The Morgan fingerprint density at radius 2 is 1.70 bits per heavy atom. The Kier molecular flexibility index (Phi) is 6.55. The van der Waals surface area contributed by atoms with E-state index in [2.05, 4.69) is 83.2 Å². The third-order valence-corrected chi connectivity index (χ3v) is 7.08. The summed E-state index contributed by atoms with van der Waals surface area (Å²) in [6, 6.07) is 27.6. The molecule has 2 N–H and O–H groups in total. The second-order valence-electron chi connectivity index (χ2n) is 9.92. The van der Waals surface area contributed by atoms with Crippen molar-refractivity contribution < 1.29 is 0 Å². The lowest BCUT2D eigenvalue weighted by Crippen LogP contribution is -2.22. The molecule has 186 valence electrons. The molecule has 0 unspecified atom stereocenters. The van der Waals surface area contributed by atoms with Gasteiger partial charge in [-0.2, -0.15) is 0 Å². The maximum atomic E-state index is 5.04. The number of aryl methyl sites for hydroxylation is 1. The highest BCUT2D eigenvalue weighted by atomic mass is 15.3. The van der Waals surface area contributed by atoms with Crippen LogP contribution in [0.5, 0.6) is 0 Å². The molecule has 6 nitrogen and oxygen atoms in total. The van der Waals surface area contributed by atoms with Gasteiger partial charge in [-0.25, -0.2) is 14.5 Å². The number of rotatable bonds is 7. The van der Waals surface area contributed by atoms with Crippen molar-refractivity contribution in [3.05, 3.63) is 96.2 Å². The van der Waals surface area contributed by atoms with Crippen LogP contribution in [0.1, 0.15) is 43.2 Å². The van der Waals surface area contributed by atoms with E-state index in [9.17, 15) is 0 Å². The Labute approximate surface area is 217 Å². The van der Waals surface area contributed by atoms with E-state index in [1.165, 1.54) is 43.2 Å². The summed E-state index contributed by atoms with van der Waals surface area (Å²) in [6.07, 6.45) is 8.19. The summed E-state index contributed by atoms with van der Waals surface area (Å²) in [6.45, 7) is 2.82. The Balaban J connectivity index is 1.41. The lowest BCUT2D eigenvalue weighted by Gasteiger charge is -2.23. The van der Waals surface area contributed by atoms with Gasteiger partial charge in [0.1, 0.15) is 17.3 Å². The van der Waals surface area contributed by atoms with Crippen LogP contribution in [0.4, 0.5) is 11.6 Å². The van der Waals surface area contributed by atoms with Gasteiger partial charge in [-0.15, -0.1) is 5.10 Å². The Bertz CT molecular complexity index is 1500. The van der Waals surface area contributed by atoms with Gasteiger partial charge in [-0.05, 0) is 55.7 Å². The lowest BCUT2D eigenvalue weighted by molar-refractivity contribution is 0.462. The monoisotopic (exact) mass is 488 g/mol. The number of benzene rings is 2. The van der Waals surface area contributed by atoms with E-state index in [1.54, 1.807) is 0 Å². The molecule has 0 bridgehead atoms. The molecule has 1 saturated carbocycles. The van der Waals surface area contributed by atoms with Crippen molar-refractivity contribution in [2.24, 2.45) is 0 Å². The number of imidazole rings is 1. The van der Waals surface area contributed by atoms with Crippen molar-refractivity contribution in [2.75, 3.05) is 10.6 Å². The first kappa shape index (κ1) is 23.2. The van der Waals surface area contributed by atoms with Crippen LogP contribution in [-0.4, -0.2) is 25.6 Å². The van der Waals surface area contributed by atoms with Crippen molar-refractivity contribution in [3.63, 3.8) is 0 Å². The number of hydrogen-bond donors (Lipinski definition) is 2. The fourth-order valence-electron chi connectivity index (χ4n) is 5.18. The maximum Gasteiger partial charge on any atom is 0.155 e. The first-order valence-corrected chi connectivity index (χ1v) is 13.2. The zero-order chi connectivity index (χ0) is 25.0. The minimum absolute atomic E-state index is 0.488. The largest absolute Gasteiger partial charge is 0.367 e. The quantitative estimate of drug-likeness (QED) is 0.255. The molecule has 2 aromatic carbocycles. The molecule has 3 aromatic heterocycles. The zero-order valence-electron chi connectivity index (χ0n) is 21.2. The molecule has 37 heavy (non-hydrogen) atoms. The average molecular weight is 489 g/mol. The second-order valence-corrected chi connectivity index (χ2v) is 9.92. The number of fused-ring (bicyclic) bond motifs is 1. The third kappa shape index (κ3) is 5.19. The Hall–Kier alpha value is -4.19. The van der Waals surface area contributed by atoms with Crippen LogP contribution in [0.15, 0.2) is 85.1 Å². The van der Waals surface area contributed by atoms with Crippen LogP contribution in [0.25, 0.3) is 28.2 Å². The fraction of sp³-hybridized carbons (Fsp3) is 0.258. The van der Waals surface area contributed by atoms with E-state index in [0.29, 0.717) is 12.6 Å². The molecule has 1 aliphatic carbocycles. The van der Waals surface area contributed by atoms with Gasteiger partial charge < -0.3 is 10.6 Å².